The molecule has 0 aliphatic rings. The van der Waals surface area contributed by atoms with Crippen LogP contribution in [0.1, 0.15) is 12.5 Å². The van der Waals surface area contributed by atoms with Gasteiger partial charge in [-0.1, -0.05) is 19.1 Å². The van der Waals surface area contributed by atoms with Crippen LogP contribution < -0.4 is 0 Å². The van der Waals surface area contributed by atoms with Gasteiger partial charge in [0.05, 0.1) is 4.92 Å². The van der Waals surface area contributed by atoms with E-state index in [4.69, 9.17) is 0 Å². The van der Waals surface area contributed by atoms with Crippen LogP contribution in [0, 0.1) is 16.5 Å². The van der Waals surface area contributed by atoms with Crippen molar-refractivity contribution in [1.82, 2.24) is 0 Å². The van der Waals surface area contributed by atoms with E-state index in [1.54, 1.807) is 12.1 Å². The van der Waals surface area contributed by atoms with E-state index in [1.165, 1.54) is 6.07 Å². The Balaban J connectivity index is 2.88. The Hall–Kier alpha value is -1.38. The molecule has 0 saturated heterocycles. The Morgan fingerprint density at radius 3 is 2.92 bits per heavy atom. The van der Waals surface area contributed by atoms with E-state index in [2.05, 4.69) is 0 Å². The lowest BCUT2D eigenvalue weighted by Crippen LogP contribution is -1.89. The van der Waals surface area contributed by atoms with Crippen molar-refractivity contribution in [3.63, 3.8) is 0 Å². The third-order valence-corrected chi connectivity index (χ3v) is 1.56. The van der Waals surface area contributed by atoms with Crippen LogP contribution in [-0.2, 0) is 6.42 Å². The smallest absolute Gasteiger partial charge is 0.258 e. The van der Waals surface area contributed by atoms with Gasteiger partial charge in [0.25, 0.3) is 5.69 Å². The molecule has 3 nitrogen and oxygen atoms in total. The molecule has 0 fully saturated rings. The summed E-state index contributed by atoms with van der Waals surface area (Å²) in [5, 5.41) is 10.4. The van der Waals surface area contributed by atoms with E-state index in [1.807, 2.05) is 19.4 Å². The molecule has 0 aromatic heterocycles. The Labute approximate surface area is 71.2 Å². The predicted octanol–water partition coefficient (Wildman–Crippen LogP) is 2.36. The average Bonchev–Trinajstić information content (AvgIpc) is 2.05. The van der Waals surface area contributed by atoms with Gasteiger partial charge in [0.1, 0.15) is 0 Å². The molecule has 12 heavy (non-hydrogen) atoms. The number of hydrogen-bond acceptors (Lipinski definition) is 2. The van der Waals surface area contributed by atoms with Crippen molar-refractivity contribution in [2.75, 3.05) is 0 Å². The maximum absolute atomic E-state index is 10.4. The third kappa shape index (κ3) is 2.05. The van der Waals surface area contributed by atoms with Crippen molar-refractivity contribution in [3.8, 4) is 0 Å². The lowest BCUT2D eigenvalue weighted by atomic mass is 10.1. The number of non-ortho nitro benzene ring substituents is 1. The van der Waals surface area contributed by atoms with Crippen LogP contribution in [-0.4, -0.2) is 4.92 Å². The molecule has 1 aromatic rings. The Bertz CT molecular complexity index is 284. The molecular weight excluding hydrogens is 154 g/mol. The van der Waals surface area contributed by atoms with Gasteiger partial charge >= 0.3 is 0 Å². The van der Waals surface area contributed by atoms with Crippen molar-refractivity contribution in [2.45, 2.75) is 13.3 Å². The van der Waals surface area contributed by atoms with Gasteiger partial charge in [-0.2, -0.15) is 0 Å². The summed E-state index contributed by atoms with van der Waals surface area (Å²) < 4.78 is 0. The molecule has 3 heteroatoms. The Kier molecular flexibility index (Phi) is 2.80. The number of hydrogen-bond donors (Lipinski definition) is 0. The van der Waals surface area contributed by atoms with Crippen LogP contribution in [0.3, 0.4) is 0 Å². The van der Waals surface area contributed by atoms with Crippen molar-refractivity contribution in [1.29, 1.82) is 0 Å². The average molecular weight is 164 g/mol. The second kappa shape index (κ2) is 3.85. The molecule has 0 spiro atoms. The summed E-state index contributed by atoms with van der Waals surface area (Å²) >= 11 is 0. The Morgan fingerprint density at radius 1 is 1.58 bits per heavy atom. The molecule has 0 saturated carbocycles. The van der Waals surface area contributed by atoms with Crippen LogP contribution in [0.15, 0.2) is 24.3 Å². The molecule has 1 rings (SSSR count). The normalized spacial score (nSPS) is 9.75. The van der Waals surface area contributed by atoms with Gasteiger partial charge in [-0.25, -0.2) is 0 Å². The fourth-order valence-electron chi connectivity index (χ4n) is 1.03. The SMILES string of the molecule is C[CH]Cc1cccc([N+](=O)[O-])c1. The van der Waals surface area contributed by atoms with E-state index in [-0.39, 0.29) is 10.6 Å². The summed E-state index contributed by atoms with van der Waals surface area (Å²) in [4.78, 5) is 9.98. The first kappa shape index (κ1) is 8.71. The highest BCUT2D eigenvalue weighted by Crippen LogP contribution is 2.13. The maximum Gasteiger partial charge on any atom is 0.269 e. The molecule has 63 valence electrons. The maximum atomic E-state index is 10.4. The summed E-state index contributed by atoms with van der Waals surface area (Å²) in [6.07, 6.45) is 2.75. The summed E-state index contributed by atoms with van der Waals surface area (Å²) in [7, 11) is 0. The second-order valence-electron chi connectivity index (χ2n) is 2.54. The fraction of sp³-hybridized carbons (Fsp3) is 0.222. The van der Waals surface area contributed by atoms with Gasteiger partial charge in [-0.3, -0.25) is 10.1 Å². The summed E-state index contributed by atoms with van der Waals surface area (Å²) in [5.74, 6) is 0. The fourth-order valence-corrected chi connectivity index (χ4v) is 1.03. The third-order valence-electron chi connectivity index (χ3n) is 1.56. The highest BCUT2D eigenvalue weighted by atomic mass is 16.6. The van der Waals surface area contributed by atoms with Crippen molar-refractivity contribution in [2.24, 2.45) is 0 Å². The standard InChI is InChI=1S/C9H10NO2/c1-2-4-8-5-3-6-9(7-8)10(11)12/h2-3,5-7H,4H2,1H3. The van der Waals surface area contributed by atoms with Crippen LogP contribution >= 0.6 is 0 Å². The molecule has 1 radical (unpaired) electrons. The molecule has 0 bridgehead atoms. The second-order valence-corrected chi connectivity index (χ2v) is 2.54. The van der Waals surface area contributed by atoms with Gasteiger partial charge in [-0.15, -0.1) is 0 Å². The van der Waals surface area contributed by atoms with E-state index in [0.29, 0.717) is 0 Å². The van der Waals surface area contributed by atoms with Crippen molar-refractivity contribution < 1.29 is 4.92 Å². The first-order chi connectivity index (χ1) is 5.74. The number of nitrogens with zero attached hydrogens (tertiary/aromatic N) is 1. The number of nitro groups is 1. The lowest BCUT2D eigenvalue weighted by Gasteiger charge is -1.96. The monoisotopic (exact) mass is 164 g/mol. The van der Waals surface area contributed by atoms with Crippen molar-refractivity contribution >= 4 is 5.69 Å². The highest BCUT2D eigenvalue weighted by Gasteiger charge is 2.03. The first-order valence-electron chi connectivity index (χ1n) is 3.75. The van der Waals surface area contributed by atoms with Gasteiger partial charge in [0.2, 0.25) is 0 Å². The molecule has 0 atom stereocenters. The zero-order chi connectivity index (χ0) is 8.97. The predicted molar refractivity (Wildman–Crippen MR) is 46.8 cm³/mol. The molecule has 0 aliphatic carbocycles. The van der Waals surface area contributed by atoms with Crippen LogP contribution in [0.2, 0.25) is 0 Å². The summed E-state index contributed by atoms with van der Waals surface area (Å²) in [6, 6.07) is 6.68. The number of nitro benzene ring substituents is 1. The molecule has 0 heterocycles. The lowest BCUT2D eigenvalue weighted by molar-refractivity contribution is -0.384. The molecular formula is C9H10NO2. The van der Waals surface area contributed by atoms with Crippen LogP contribution in [0.25, 0.3) is 0 Å². The van der Waals surface area contributed by atoms with E-state index < -0.39 is 0 Å². The van der Waals surface area contributed by atoms with Gasteiger partial charge in [-0.05, 0) is 18.4 Å². The molecule has 1 aromatic carbocycles. The summed E-state index contributed by atoms with van der Waals surface area (Å²) in [5.41, 5.74) is 1.14. The minimum absolute atomic E-state index is 0.161. The molecule has 0 amide bonds. The Morgan fingerprint density at radius 2 is 2.33 bits per heavy atom. The van der Waals surface area contributed by atoms with Crippen LogP contribution in [0.5, 0.6) is 0 Å². The first-order valence-corrected chi connectivity index (χ1v) is 3.75. The van der Waals surface area contributed by atoms with Crippen molar-refractivity contribution in [3.05, 3.63) is 46.4 Å². The molecule has 0 unspecified atom stereocenters. The minimum Gasteiger partial charge on any atom is -0.258 e. The largest absolute Gasteiger partial charge is 0.269 e. The van der Waals surface area contributed by atoms with Gasteiger partial charge in [0, 0.05) is 12.1 Å². The van der Waals surface area contributed by atoms with Gasteiger partial charge in [0.15, 0.2) is 0 Å². The number of benzene rings is 1. The zero-order valence-electron chi connectivity index (χ0n) is 6.86. The summed E-state index contributed by atoms with van der Waals surface area (Å²) in [6.45, 7) is 1.93. The highest BCUT2D eigenvalue weighted by molar-refractivity contribution is 5.34. The van der Waals surface area contributed by atoms with Gasteiger partial charge < -0.3 is 0 Å². The number of rotatable bonds is 3. The van der Waals surface area contributed by atoms with Crippen LogP contribution in [0.4, 0.5) is 5.69 Å². The topological polar surface area (TPSA) is 43.1 Å². The molecule has 0 N–H and O–H groups in total. The molecule has 0 aliphatic heterocycles. The zero-order valence-corrected chi connectivity index (χ0v) is 6.86. The van der Waals surface area contributed by atoms with E-state index in [0.717, 1.165) is 12.0 Å². The van der Waals surface area contributed by atoms with E-state index >= 15 is 0 Å². The quantitative estimate of drug-likeness (QED) is 0.508. The minimum atomic E-state index is -0.376. The van der Waals surface area contributed by atoms with E-state index in [9.17, 15) is 10.1 Å².